The molecular weight excluding hydrogens is 324 g/mol. The topological polar surface area (TPSA) is 66.5 Å². The number of unbranched alkanes of at least 4 members (excludes halogenated alkanes) is 1. The van der Waals surface area contributed by atoms with Gasteiger partial charge in [-0.15, -0.1) is 0 Å². The van der Waals surface area contributed by atoms with E-state index in [-0.39, 0.29) is 17.6 Å². The second-order valence-electron chi connectivity index (χ2n) is 6.79. The molecule has 134 valence electrons. The molecule has 1 amide bonds. The van der Waals surface area contributed by atoms with Crippen LogP contribution in [0.4, 0.5) is 0 Å². The van der Waals surface area contributed by atoms with E-state index in [4.69, 9.17) is 0 Å². The van der Waals surface area contributed by atoms with Crippen molar-refractivity contribution in [2.45, 2.75) is 52.6 Å². The first-order valence-electron chi connectivity index (χ1n) is 8.69. The van der Waals surface area contributed by atoms with Crippen LogP contribution in [0.25, 0.3) is 0 Å². The third-order valence-corrected chi connectivity index (χ3v) is 5.89. The van der Waals surface area contributed by atoms with Gasteiger partial charge in [0.25, 0.3) is 0 Å². The first-order chi connectivity index (χ1) is 11.3. The average molecular weight is 353 g/mol. The van der Waals surface area contributed by atoms with Gasteiger partial charge in [0.05, 0.1) is 5.75 Å². The number of benzene rings is 1. The SMILES string of the molecule is CCCCS(=O)(=O)N[C@H](C(=O)N1CCc2ccccc2C1)C(C)C. The molecule has 1 aromatic rings. The Kier molecular flexibility index (Phi) is 6.40. The Morgan fingerprint density at radius 3 is 2.54 bits per heavy atom. The molecule has 24 heavy (non-hydrogen) atoms. The van der Waals surface area contributed by atoms with Crippen LogP contribution in [-0.2, 0) is 27.8 Å². The summed E-state index contributed by atoms with van der Waals surface area (Å²) in [6.45, 7) is 6.89. The number of carbonyl (C=O) groups excluding carboxylic acids is 1. The second-order valence-corrected chi connectivity index (χ2v) is 8.66. The molecule has 1 N–H and O–H groups in total. The highest BCUT2D eigenvalue weighted by Gasteiger charge is 2.32. The number of amides is 1. The minimum atomic E-state index is -3.43. The van der Waals surface area contributed by atoms with Gasteiger partial charge in [-0.25, -0.2) is 13.1 Å². The summed E-state index contributed by atoms with van der Waals surface area (Å²) in [5.41, 5.74) is 2.42. The normalized spacial score (nSPS) is 16.1. The number of carbonyl (C=O) groups is 1. The zero-order chi connectivity index (χ0) is 17.7. The van der Waals surface area contributed by atoms with Gasteiger partial charge in [-0.05, 0) is 29.9 Å². The molecular formula is C18H28N2O3S. The van der Waals surface area contributed by atoms with Crippen molar-refractivity contribution in [3.05, 3.63) is 35.4 Å². The molecule has 0 radical (unpaired) electrons. The van der Waals surface area contributed by atoms with E-state index in [0.29, 0.717) is 19.5 Å². The number of rotatable bonds is 7. The summed E-state index contributed by atoms with van der Waals surface area (Å²) in [4.78, 5) is 14.7. The number of nitrogens with zero attached hydrogens (tertiary/aromatic N) is 1. The molecule has 2 rings (SSSR count). The zero-order valence-corrected chi connectivity index (χ0v) is 15.6. The lowest BCUT2D eigenvalue weighted by Crippen LogP contribution is -2.52. The van der Waals surface area contributed by atoms with E-state index in [0.717, 1.165) is 18.4 Å². The summed E-state index contributed by atoms with van der Waals surface area (Å²) in [5.74, 6) is -0.145. The number of hydrogen-bond donors (Lipinski definition) is 1. The van der Waals surface area contributed by atoms with Gasteiger partial charge in [0.1, 0.15) is 6.04 Å². The van der Waals surface area contributed by atoms with Crippen LogP contribution in [0.5, 0.6) is 0 Å². The fourth-order valence-corrected chi connectivity index (χ4v) is 4.49. The molecule has 1 aliphatic heterocycles. The first kappa shape index (κ1) is 18.9. The lowest BCUT2D eigenvalue weighted by molar-refractivity contribution is -0.135. The van der Waals surface area contributed by atoms with Crippen molar-refractivity contribution in [2.24, 2.45) is 5.92 Å². The van der Waals surface area contributed by atoms with Gasteiger partial charge in [-0.2, -0.15) is 0 Å². The van der Waals surface area contributed by atoms with E-state index in [2.05, 4.69) is 10.8 Å². The third-order valence-electron chi connectivity index (χ3n) is 4.45. The molecule has 0 saturated heterocycles. The van der Waals surface area contributed by atoms with Crippen molar-refractivity contribution in [2.75, 3.05) is 12.3 Å². The average Bonchev–Trinajstić information content (AvgIpc) is 2.56. The third kappa shape index (κ3) is 4.80. The van der Waals surface area contributed by atoms with Crippen LogP contribution in [0.15, 0.2) is 24.3 Å². The number of nitrogens with one attached hydrogen (secondary N) is 1. The van der Waals surface area contributed by atoms with Crippen LogP contribution < -0.4 is 4.72 Å². The molecule has 0 fully saturated rings. The second kappa shape index (κ2) is 8.12. The molecule has 1 heterocycles. The van der Waals surface area contributed by atoms with Crippen LogP contribution in [0, 0.1) is 5.92 Å². The van der Waals surface area contributed by atoms with E-state index in [1.54, 1.807) is 4.90 Å². The summed E-state index contributed by atoms with van der Waals surface area (Å²) in [6, 6.07) is 7.40. The molecule has 0 aromatic heterocycles. The van der Waals surface area contributed by atoms with E-state index in [1.807, 2.05) is 39.0 Å². The van der Waals surface area contributed by atoms with E-state index in [1.165, 1.54) is 5.56 Å². The van der Waals surface area contributed by atoms with E-state index in [9.17, 15) is 13.2 Å². The van der Waals surface area contributed by atoms with Crippen LogP contribution in [-0.4, -0.2) is 37.6 Å². The van der Waals surface area contributed by atoms with Crippen molar-refractivity contribution in [3.8, 4) is 0 Å². The molecule has 0 spiro atoms. The largest absolute Gasteiger partial charge is 0.337 e. The van der Waals surface area contributed by atoms with Crippen LogP contribution in [0.3, 0.4) is 0 Å². The Bertz CT molecular complexity index is 671. The summed E-state index contributed by atoms with van der Waals surface area (Å²) in [7, 11) is -3.43. The number of sulfonamides is 1. The highest BCUT2D eigenvalue weighted by molar-refractivity contribution is 7.89. The summed E-state index contributed by atoms with van der Waals surface area (Å²) >= 11 is 0. The number of hydrogen-bond acceptors (Lipinski definition) is 3. The fraction of sp³-hybridized carbons (Fsp3) is 0.611. The van der Waals surface area contributed by atoms with Crippen molar-refractivity contribution in [3.63, 3.8) is 0 Å². The molecule has 1 atom stereocenters. The monoisotopic (exact) mass is 352 g/mol. The van der Waals surface area contributed by atoms with Gasteiger partial charge in [0, 0.05) is 13.1 Å². The molecule has 0 bridgehead atoms. The van der Waals surface area contributed by atoms with Gasteiger partial charge in [0.2, 0.25) is 15.9 Å². The van der Waals surface area contributed by atoms with Crippen LogP contribution >= 0.6 is 0 Å². The smallest absolute Gasteiger partial charge is 0.241 e. The highest BCUT2D eigenvalue weighted by Crippen LogP contribution is 2.20. The van der Waals surface area contributed by atoms with Crippen molar-refractivity contribution in [1.82, 2.24) is 9.62 Å². The standard InChI is InChI=1S/C18H28N2O3S/c1-4-5-12-24(22,23)19-17(14(2)3)18(21)20-11-10-15-8-6-7-9-16(15)13-20/h6-9,14,17,19H,4-5,10-13H2,1-3H3/t17-/m0/s1. The quantitative estimate of drug-likeness (QED) is 0.819. The van der Waals surface area contributed by atoms with E-state index >= 15 is 0 Å². The van der Waals surface area contributed by atoms with Crippen LogP contribution in [0.1, 0.15) is 44.7 Å². The van der Waals surface area contributed by atoms with Crippen molar-refractivity contribution >= 4 is 15.9 Å². The van der Waals surface area contributed by atoms with Gasteiger partial charge >= 0.3 is 0 Å². The van der Waals surface area contributed by atoms with Crippen molar-refractivity contribution in [1.29, 1.82) is 0 Å². The lowest BCUT2D eigenvalue weighted by atomic mass is 9.97. The van der Waals surface area contributed by atoms with Gasteiger partial charge in [0.15, 0.2) is 0 Å². The molecule has 0 unspecified atom stereocenters. The van der Waals surface area contributed by atoms with Gasteiger partial charge < -0.3 is 4.90 Å². The number of fused-ring (bicyclic) bond motifs is 1. The zero-order valence-electron chi connectivity index (χ0n) is 14.8. The maximum atomic E-state index is 12.9. The molecule has 6 heteroatoms. The maximum Gasteiger partial charge on any atom is 0.241 e. The molecule has 1 aliphatic rings. The Balaban J connectivity index is 2.10. The first-order valence-corrected chi connectivity index (χ1v) is 10.3. The molecule has 0 aliphatic carbocycles. The molecule has 5 nitrogen and oxygen atoms in total. The van der Waals surface area contributed by atoms with Crippen LogP contribution in [0.2, 0.25) is 0 Å². The van der Waals surface area contributed by atoms with E-state index < -0.39 is 16.1 Å². The van der Waals surface area contributed by atoms with Gasteiger partial charge in [-0.1, -0.05) is 51.5 Å². The predicted octanol–water partition coefficient (Wildman–Crippen LogP) is 2.32. The molecule has 0 saturated carbocycles. The Hall–Kier alpha value is -1.40. The Morgan fingerprint density at radius 1 is 1.25 bits per heavy atom. The van der Waals surface area contributed by atoms with Crippen molar-refractivity contribution < 1.29 is 13.2 Å². The maximum absolute atomic E-state index is 12.9. The van der Waals surface area contributed by atoms with Gasteiger partial charge in [-0.3, -0.25) is 4.79 Å². The minimum Gasteiger partial charge on any atom is -0.337 e. The summed E-state index contributed by atoms with van der Waals surface area (Å²) in [6.07, 6.45) is 2.23. The lowest BCUT2D eigenvalue weighted by Gasteiger charge is -2.33. The summed E-state index contributed by atoms with van der Waals surface area (Å²) in [5, 5.41) is 0. The molecule has 1 aromatic carbocycles. The Labute approximate surface area is 145 Å². The highest BCUT2D eigenvalue weighted by atomic mass is 32.2. The fourth-order valence-electron chi connectivity index (χ4n) is 2.94. The minimum absolute atomic E-state index is 0.0723. The Morgan fingerprint density at radius 2 is 1.92 bits per heavy atom. The predicted molar refractivity (Wildman–Crippen MR) is 96.0 cm³/mol. The summed E-state index contributed by atoms with van der Waals surface area (Å²) < 4.78 is 27.0.